The Morgan fingerprint density at radius 3 is 1.74 bits per heavy atom. The van der Waals surface area contributed by atoms with Crippen molar-refractivity contribution in [1.82, 2.24) is 9.80 Å². The number of aliphatic hydroxyl groups excluding tert-OH is 1. The maximum atomic E-state index is 13.3. The van der Waals surface area contributed by atoms with Crippen molar-refractivity contribution < 1.29 is 24.2 Å². The van der Waals surface area contributed by atoms with Gasteiger partial charge in [-0.1, -0.05) is 72.8 Å². The molecule has 1 saturated heterocycles. The molecule has 42 heavy (non-hydrogen) atoms. The number of Topliss-reactive ketones (excluding diaryl/α,β-unsaturated/α-hetero) is 1. The predicted molar refractivity (Wildman–Crippen MR) is 162 cm³/mol. The summed E-state index contributed by atoms with van der Waals surface area (Å²) >= 11 is 0. The number of carbonyl (C=O) groups excluding carboxylic acids is 2. The van der Waals surface area contributed by atoms with E-state index < -0.39 is 17.7 Å². The number of rotatable bonds is 11. The molecule has 214 valence electrons. The lowest BCUT2D eigenvalue weighted by Crippen LogP contribution is -2.35. The smallest absolute Gasteiger partial charge is 0.295 e. The zero-order chi connectivity index (χ0) is 29.5. The molecule has 7 heteroatoms. The Morgan fingerprint density at radius 1 is 0.738 bits per heavy atom. The summed E-state index contributed by atoms with van der Waals surface area (Å²) in [5, 5.41) is 11.4. The number of hydrogen-bond acceptors (Lipinski definition) is 6. The summed E-state index contributed by atoms with van der Waals surface area (Å²) in [7, 11) is 3.82. The molecule has 0 radical (unpaired) electrons. The molecule has 0 spiro atoms. The van der Waals surface area contributed by atoms with Crippen LogP contribution in [0.5, 0.6) is 11.5 Å². The summed E-state index contributed by atoms with van der Waals surface area (Å²) in [5.41, 5.74) is 3.30. The van der Waals surface area contributed by atoms with Gasteiger partial charge in [0.1, 0.15) is 30.5 Å². The van der Waals surface area contributed by atoms with Gasteiger partial charge < -0.3 is 24.4 Å². The summed E-state index contributed by atoms with van der Waals surface area (Å²) < 4.78 is 11.8. The molecule has 1 unspecified atom stereocenters. The van der Waals surface area contributed by atoms with Gasteiger partial charge in [-0.3, -0.25) is 9.59 Å². The largest absolute Gasteiger partial charge is 0.507 e. The molecule has 1 N–H and O–H groups in total. The van der Waals surface area contributed by atoms with Crippen LogP contribution in [0.3, 0.4) is 0 Å². The van der Waals surface area contributed by atoms with Gasteiger partial charge in [0, 0.05) is 18.7 Å². The van der Waals surface area contributed by atoms with Crippen LogP contribution < -0.4 is 9.47 Å². The number of aliphatic hydroxyl groups is 1. The lowest BCUT2D eigenvalue weighted by atomic mass is 9.95. The Labute approximate surface area is 246 Å². The first-order chi connectivity index (χ1) is 20.4. The second-order valence-electron chi connectivity index (χ2n) is 10.4. The maximum Gasteiger partial charge on any atom is 0.295 e. The molecular weight excluding hydrogens is 528 g/mol. The highest BCUT2D eigenvalue weighted by atomic mass is 16.5. The van der Waals surface area contributed by atoms with Crippen molar-refractivity contribution in [2.24, 2.45) is 0 Å². The Morgan fingerprint density at radius 2 is 1.24 bits per heavy atom. The molecule has 4 aromatic carbocycles. The van der Waals surface area contributed by atoms with Gasteiger partial charge in [0.15, 0.2) is 0 Å². The first-order valence-corrected chi connectivity index (χ1v) is 13.9. The van der Waals surface area contributed by atoms with E-state index in [2.05, 4.69) is 0 Å². The predicted octanol–water partition coefficient (Wildman–Crippen LogP) is 5.83. The van der Waals surface area contributed by atoms with Crippen molar-refractivity contribution in [3.63, 3.8) is 0 Å². The van der Waals surface area contributed by atoms with Crippen LogP contribution in [0.25, 0.3) is 5.76 Å². The van der Waals surface area contributed by atoms with Crippen LogP contribution >= 0.6 is 0 Å². The lowest BCUT2D eigenvalue weighted by Gasteiger charge is -2.26. The summed E-state index contributed by atoms with van der Waals surface area (Å²) in [6, 6.07) is 33.2. The number of nitrogens with zero attached hydrogens (tertiary/aromatic N) is 2. The first kappa shape index (κ1) is 28.6. The Hall–Kier alpha value is -4.88. The Kier molecular flexibility index (Phi) is 8.99. The fraction of sp³-hybridized carbons (Fsp3) is 0.200. The summed E-state index contributed by atoms with van der Waals surface area (Å²) in [6.07, 6.45) is 0. The molecule has 0 saturated carbocycles. The van der Waals surface area contributed by atoms with Gasteiger partial charge >= 0.3 is 0 Å². The first-order valence-electron chi connectivity index (χ1n) is 13.9. The number of hydrogen-bond donors (Lipinski definition) is 1. The minimum atomic E-state index is -0.734. The van der Waals surface area contributed by atoms with Crippen LogP contribution in [0, 0.1) is 0 Å². The van der Waals surface area contributed by atoms with E-state index in [1.807, 2.05) is 104 Å². The van der Waals surface area contributed by atoms with E-state index in [1.165, 1.54) is 4.90 Å². The number of ether oxygens (including phenoxy) is 2. The maximum absolute atomic E-state index is 13.3. The van der Waals surface area contributed by atoms with Crippen molar-refractivity contribution in [2.45, 2.75) is 19.3 Å². The number of likely N-dealkylation sites (N-methyl/N-ethyl adjacent to an activating group) is 1. The van der Waals surface area contributed by atoms with Crippen LogP contribution in [-0.2, 0) is 22.8 Å². The van der Waals surface area contributed by atoms with E-state index in [0.29, 0.717) is 48.9 Å². The third kappa shape index (κ3) is 6.70. The molecule has 1 aliphatic rings. The highest BCUT2D eigenvalue weighted by Gasteiger charge is 2.45. The molecule has 0 aromatic heterocycles. The second-order valence-corrected chi connectivity index (χ2v) is 10.4. The molecule has 7 nitrogen and oxygen atoms in total. The van der Waals surface area contributed by atoms with Crippen LogP contribution in [0.4, 0.5) is 0 Å². The third-order valence-electron chi connectivity index (χ3n) is 7.15. The summed E-state index contributed by atoms with van der Waals surface area (Å²) in [4.78, 5) is 30.0. The average molecular weight is 563 g/mol. The highest BCUT2D eigenvalue weighted by molar-refractivity contribution is 6.46. The van der Waals surface area contributed by atoms with Gasteiger partial charge in [-0.25, -0.2) is 0 Å². The minimum Gasteiger partial charge on any atom is -0.507 e. The number of carbonyl (C=O) groups is 2. The quantitative estimate of drug-likeness (QED) is 0.141. The van der Waals surface area contributed by atoms with E-state index in [9.17, 15) is 14.7 Å². The fourth-order valence-electron chi connectivity index (χ4n) is 4.86. The second kappa shape index (κ2) is 13.2. The van der Waals surface area contributed by atoms with Gasteiger partial charge in [0.2, 0.25) is 0 Å². The number of ketones is 1. The van der Waals surface area contributed by atoms with Crippen LogP contribution in [0.2, 0.25) is 0 Å². The summed E-state index contributed by atoms with van der Waals surface area (Å²) in [6.45, 7) is 1.73. The molecule has 5 rings (SSSR count). The average Bonchev–Trinajstić information content (AvgIpc) is 3.28. The van der Waals surface area contributed by atoms with Crippen molar-refractivity contribution in [3.8, 4) is 11.5 Å². The fourth-order valence-corrected chi connectivity index (χ4v) is 4.86. The Balaban J connectivity index is 1.40. The van der Waals surface area contributed by atoms with E-state index in [4.69, 9.17) is 9.47 Å². The van der Waals surface area contributed by atoms with E-state index in [-0.39, 0.29) is 11.3 Å². The lowest BCUT2D eigenvalue weighted by molar-refractivity contribution is -0.140. The molecule has 1 aliphatic heterocycles. The van der Waals surface area contributed by atoms with Gasteiger partial charge in [-0.2, -0.15) is 0 Å². The molecule has 1 atom stereocenters. The summed E-state index contributed by atoms with van der Waals surface area (Å²) in [5.74, 6) is -0.256. The Bertz CT molecular complexity index is 1530. The molecule has 1 heterocycles. The van der Waals surface area contributed by atoms with Crippen molar-refractivity contribution >= 4 is 17.4 Å². The van der Waals surface area contributed by atoms with Gasteiger partial charge in [-0.05, 0) is 67.2 Å². The van der Waals surface area contributed by atoms with E-state index in [1.54, 1.807) is 24.3 Å². The SMILES string of the molecule is CN(C)CCN1C(=O)C(=O)C(=C(O)c2ccc(OCc3ccccc3)cc2)C1c1ccc(OCc2ccccc2)cc1. The zero-order valence-electron chi connectivity index (χ0n) is 23.8. The minimum absolute atomic E-state index is 0.0645. The van der Waals surface area contributed by atoms with Crippen molar-refractivity contribution in [3.05, 3.63) is 137 Å². The molecule has 1 amide bonds. The normalized spacial score (nSPS) is 16.2. The van der Waals surface area contributed by atoms with Gasteiger partial charge in [-0.15, -0.1) is 0 Å². The molecule has 4 aromatic rings. The standard InChI is InChI=1S/C35H34N2O5/c1-36(2)21-22-37-32(27-13-17-29(18-14-27)41-23-25-9-5-3-6-10-25)31(34(39)35(37)40)33(38)28-15-19-30(20-16-28)42-24-26-11-7-4-8-12-26/h3-20,32,38H,21-24H2,1-2H3. The van der Waals surface area contributed by atoms with Gasteiger partial charge in [0.25, 0.3) is 11.7 Å². The highest BCUT2D eigenvalue weighted by Crippen LogP contribution is 2.40. The van der Waals surface area contributed by atoms with Crippen molar-refractivity contribution in [1.29, 1.82) is 0 Å². The zero-order valence-corrected chi connectivity index (χ0v) is 23.8. The van der Waals surface area contributed by atoms with Gasteiger partial charge in [0.05, 0.1) is 11.6 Å². The van der Waals surface area contributed by atoms with Crippen LogP contribution in [0.15, 0.2) is 115 Å². The molecule has 0 aliphatic carbocycles. The van der Waals surface area contributed by atoms with E-state index >= 15 is 0 Å². The van der Waals surface area contributed by atoms with Crippen LogP contribution in [-0.4, -0.2) is 53.8 Å². The number of benzene rings is 4. The number of amides is 1. The van der Waals surface area contributed by atoms with Crippen molar-refractivity contribution in [2.75, 3.05) is 27.2 Å². The molecule has 0 bridgehead atoms. The third-order valence-corrected chi connectivity index (χ3v) is 7.15. The molecular formula is C35H34N2O5. The monoisotopic (exact) mass is 562 g/mol. The van der Waals surface area contributed by atoms with E-state index in [0.717, 1.165) is 11.1 Å². The van der Waals surface area contributed by atoms with Crippen LogP contribution in [0.1, 0.15) is 28.3 Å². The molecule has 1 fully saturated rings. The number of likely N-dealkylation sites (tertiary alicyclic amines) is 1. The topological polar surface area (TPSA) is 79.3 Å².